The number of carbonyl (C=O) groups excluding carboxylic acids is 1. The normalized spacial score (nSPS) is 13.6. The molecule has 0 unspecified atom stereocenters. The first-order chi connectivity index (χ1) is 12.7. The zero-order valence-electron chi connectivity index (χ0n) is 14.7. The van der Waals surface area contributed by atoms with Crippen molar-refractivity contribution in [1.29, 1.82) is 0 Å². The summed E-state index contributed by atoms with van der Waals surface area (Å²) in [5.41, 5.74) is 1.86. The fraction of sp³-hybridized carbons (Fsp3) is 0.286. The number of hydrogen-bond donors (Lipinski definition) is 1. The summed E-state index contributed by atoms with van der Waals surface area (Å²) in [4.78, 5) is 15.8. The van der Waals surface area contributed by atoms with E-state index in [2.05, 4.69) is 16.8 Å². The van der Waals surface area contributed by atoms with Gasteiger partial charge in [0.1, 0.15) is 5.82 Å². The van der Waals surface area contributed by atoms with E-state index in [1.165, 1.54) is 12.1 Å². The molecule has 3 nitrogen and oxygen atoms in total. The number of benzene rings is 2. The first kappa shape index (κ1) is 18.7. The van der Waals surface area contributed by atoms with Gasteiger partial charge in [0, 0.05) is 23.2 Å². The Morgan fingerprint density at radius 2 is 1.96 bits per heavy atom. The highest BCUT2D eigenvalue weighted by Gasteiger charge is 2.30. The van der Waals surface area contributed by atoms with Crippen LogP contribution in [0.25, 0.3) is 0 Å². The van der Waals surface area contributed by atoms with Crippen molar-refractivity contribution in [2.75, 3.05) is 17.6 Å². The molecule has 136 valence electrons. The first-order valence-electron chi connectivity index (χ1n) is 8.77. The molecule has 0 bridgehead atoms. The highest BCUT2D eigenvalue weighted by atomic mass is 32.2. The van der Waals surface area contributed by atoms with E-state index in [4.69, 9.17) is 0 Å². The molecular weight excluding hydrogens is 347 g/mol. The van der Waals surface area contributed by atoms with Gasteiger partial charge in [0.15, 0.2) is 0 Å². The molecule has 1 N–H and O–H groups in total. The Kier molecular flexibility index (Phi) is 6.47. The molecule has 0 aliphatic heterocycles. The van der Waals surface area contributed by atoms with Crippen LogP contribution in [0.1, 0.15) is 18.4 Å². The Morgan fingerprint density at radius 3 is 2.65 bits per heavy atom. The van der Waals surface area contributed by atoms with Gasteiger partial charge < -0.3 is 5.32 Å². The van der Waals surface area contributed by atoms with Gasteiger partial charge in [-0.1, -0.05) is 30.3 Å². The minimum Gasteiger partial charge on any atom is -0.324 e. The van der Waals surface area contributed by atoms with E-state index in [9.17, 15) is 9.18 Å². The number of nitrogens with one attached hydrogen (secondary N) is 1. The van der Waals surface area contributed by atoms with Gasteiger partial charge >= 0.3 is 0 Å². The van der Waals surface area contributed by atoms with Crippen LogP contribution in [-0.2, 0) is 11.3 Å². The average Bonchev–Trinajstić information content (AvgIpc) is 3.47. The monoisotopic (exact) mass is 370 g/mol. The molecule has 1 fully saturated rings. The van der Waals surface area contributed by atoms with Gasteiger partial charge in [0.25, 0.3) is 0 Å². The van der Waals surface area contributed by atoms with Crippen molar-refractivity contribution in [2.45, 2.75) is 30.3 Å². The van der Waals surface area contributed by atoms with Crippen molar-refractivity contribution in [3.63, 3.8) is 0 Å². The lowest BCUT2D eigenvalue weighted by atomic mass is 10.2. The number of halogens is 1. The molecule has 0 atom stereocenters. The van der Waals surface area contributed by atoms with Crippen LogP contribution in [-0.4, -0.2) is 29.1 Å². The van der Waals surface area contributed by atoms with E-state index in [0.717, 1.165) is 34.7 Å². The molecule has 5 heteroatoms. The number of thioether (sulfide) groups is 1. The Hall–Kier alpha value is -2.11. The van der Waals surface area contributed by atoms with Crippen LogP contribution < -0.4 is 5.32 Å². The zero-order chi connectivity index (χ0) is 18.4. The predicted octanol–water partition coefficient (Wildman–Crippen LogP) is 4.71. The molecule has 26 heavy (non-hydrogen) atoms. The topological polar surface area (TPSA) is 32.3 Å². The van der Waals surface area contributed by atoms with E-state index in [1.54, 1.807) is 23.9 Å². The molecule has 1 aliphatic rings. The van der Waals surface area contributed by atoms with Gasteiger partial charge in [-0.15, -0.1) is 18.3 Å². The highest BCUT2D eigenvalue weighted by molar-refractivity contribution is 7.99. The number of anilines is 1. The second-order valence-electron chi connectivity index (χ2n) is 6.41. The smallest absolute Gasteiger partial charge is 0.238 e. The minimum atomic E-state index is -0.238. The maximum atomic E-state index is 13.1. The average molecular weight is 370 g/mol. The summed E-state index contributed by atoms with van der Waals surface area (Å²) >= 11 is 1.65. The van der Waals surface area contributed by atoms with Crippen LogP contribution in [0, 0.1) is 5.82 Å². The molecule has 0 heterocycles. The number of hydrogen-bond acceptors (Lipinski definition) is 3. The third-order valence-electron chi connectivity index (χ3n) is 4.23. The largest absolute Gasteiger partial charge is 0.324 e. The maximum absolute atomic E-state index is 13.1. The van der Waals surface area contributed by atoms with Crippen molar-refractivity contribution < 1.29 is 9.18 Å². The molecule has 1 saturated carbocycles. The molecule has 1 amide bonds. The summed E-state index contributed by atoms with van der Waals surface area (Å²) in [6.07, 6.45) is 4.07. The van der Waals surface area contributed by atoms with Gasteiger partial charge in [-0.05, 0) is 42.7 Å². The second kappa shape index (κ2) is 9.01. The lowest BCUT2D eigenvalue weighted by Gasteiger charge is -2.22. The molecule has 0 spiro atoms. The predicted molar refractivity (Wildman–Crippen MR) is 106 cm³/mol. The lowest BCUT2D eigenvalue weighted by molar-refractivity contribution is -0.117. The fourth-order valence-electron chi connectivity index (χ4n) is 2.80. The van der Waals surface area contributed by atoms with Crippen molar-refractivity contribution in [3.05, 3.63) is 72.6 Å². The number of nitrogens with zero attached hydrogens (tertiary/aromatic N) is 1. The van der Waals surface area contributed by atoms with E-state index in [0.29, 0.717) is 19.1 Å². The number of amides is 1. The fourth-order valence-corrected chi connectivity index (χ4v) is 3.54. The minimum absolute atomic E-state index is 0.0225. The van der Waals surface area contributed by atoms with Crippen LogP contribution in [0.4, 0.5) is 10.1 Å². The SMILES string of the molecule is C=CCSc1ccccc1NC(=O)CN(Cc1ccc(F)cc1)C1CC1. The molecule has 3 rings (SSSR count). The lowest BCUT2D eigenvalue weighted by Crippen LogP contribution is -2.34. The van der Waals surface area contributed by atoms with Gasteiger partial charge in [0.2, 0.25) is 5.91 Å². The van der Waals surface area contributed by atoms with Gasteiger partial charge in [0.05, 0.1) is 12.2 Å². The van der Waals surface area contributed by atoms with Crippen molar-refractivity contribution in [3.8, 4) is 0 Å². The molecule has 0 saturated heterocycles. The molecule has 2 aromatic carbocycles. The third kappa shape index (κ3) is 5.44. The second-order valence-corrected chi connectivity index (χ2v) is 7.47. The van der Waals surface area contributed by atoms with E-state index in [1.807, 2.05) is 30.3 Å². The molecule has 1 aliphatic carbocycles. The Morgan fingerprint density at radius 1 is 1.23 bits per heavy atom. The summed E-state index contributed by atoms with van der Waals surface area (Å²) in [5, 5.41) is 3.03. The van der Waals surface area contributed by atoms with Crippen LogP contribution in [0.5, 0.6) is 0 Å². The summed E-state index contributed by atoms with van der Waals surface area (Å²) in [7, 11) is 0. The molecule has 0 radical (unpaired) electrons. The van der Waals surface area contributed by atoms with Gasteiger partial charge in [-0.2, -0.15) is 0 Å². The molecule has 0 aromatic heterocycles. The van der Waals surface area contributed by atoms with Crippen LogP contribution in [0.2, 0.25) is 0 Å². The summed E-state index contributed by atoms with van der Waals surface area (Å²) in [5.74, 6) is 0.537. The summed E-state index contributed by atoms with van der Waals surface area (Å²) in [6, 6.07) is 14.7. The maximum Gasteiger partial charge on any atom is 0.238 e. The summed E-state index contributed by atoms with van der Waals surface area (Å²) < 4.78 is 13.1. The zero-order valence-corrected chi connectivity index (χ0v) is 15.5. The highest BCUT2D eigenvalue weighted by Crippen LogP contribution is 2.29. The number of rotatable bonds is 9. The summed E-state index contributed by atoms with van der Waals surface area (Å²) in [6.45, 7) is 4.73. The Balaban J connectivity index is 1.62. The Bertz CT molecular complexity index is 759. The van der Waals surface area contributed by atoms with Crippen molar-refractivity contribution >= 4 is 23.4 Å². The van der Waals surface area contributed by atoms with Gasteiger partial charge in [-0.3, -0.25) is 9.69 Å². The van der Waals surface area contributed by atoms with E-state index in [-0.39, 0.29) is 11.7 Å². The van der Waals surface area contributed by atoms with Gasteiger partial charge in [-0.25, -0.2) is 4.39 Å². The quantitative estimate of drug-likeness (QED) is 0.513. The molecule has 2 aromatic rings. The first-order valence-corrected chi connectivity index (χ1v) is 9.75. The van der Waals surface area contributed by atoms with Crippen LogP contribution >= 0.6 is 11.8 Å². The van der Waals surface area contributed by atoms with E-state index >= 15 is 0 Å². The van der Waals surface area contributed by atoms with Crippen molar-refractivity contribution in [2.24, 2.45) is 0 Å². The van der Waals surface area contributed by atoms with E-state index < -0.39 is 0 Å². The standard InChI is InChI=1S/C21H23FN2OS/c1-2-13-26-20-6-4-3-5-19(20)23-21(25)15-24(18-11-12-18)14-16-7-9-17(22)10-8-16/h2-10,18H,1,11-15H2,(H,23,25). The Labute approximate surface area is 158 Å². The number of para-hydroxylation sites is 1. The number of carbonyl (C=O) groups is 1. The van der Waals surface area contributed by atoms with Crippen molar-refractivity contribution in [1.82, 2.24) is 4.90 Å². The van der Waals surface area contributed by atoms with Crippen LogP contribution in [0.3, 0.4) is 0 Å². The third-order valence-corrected chi connectivity index (χ3v) is 5.30. The molecular formula is C21H23FN2OS. The van der Waals surface area contributed by atoms with Crippen LogP contribution in [0.15, 0.2) is 66.1 Å².